The number of piperidine rings is 1. The van der Waals surface area contributed by atoms with E-state index < -0.39 is 33.2 Å². The van der Waals surface area contributed by atoms with E-state index >= 15 is 0 Å². The van der Waals surface area contributed by atoms with Gasteiger partial charge in [0.05, 0.1) is 17.9 Å². The van der Waals surface area contributed by atoms with Gasteiger partial charge >= 0.3 is 6.18 Å². The highest BCUT2D eigenvalue weighted by atomic mass is 32.2. The second-order valence-corrected chi connectivity index (χ2v) is 14.3. The van der Waals surface area contributed by atoms with Crippen molar-refractivity contribution >= 4 is 27.7 Å². The van der Waals surface area contributed by atoms with Crippen LogP contribution in [-0.2, 0) is 27.4 Å². The number of aryl methyl sites for hydroxylation is 2. The van der Waals surface area contributed by atoms with Crippen molar-refractivity contribution < 1.29 is 35.9 Å². The summed E-state index contributed by atoms with van der Waals surface area (Å²) in [5.41, 5.74) is 0.0146. The van der Waals surface area contributed by atoms with Crippen molar-refractivity contribution in [1.29, 1.82) is 0 Å². The van der Waals surface area contributed by atoms with Crippen molar-refractivity contribution in [3.8, 4) is 5.75 Å². The van der Waals surface area contributed by atoms with Gasteiger partial charge < -0.3 is 15.0 Å². The minimum Gasteiger partial charge on any atom is -0.493 e. The molecule has 0 radical (unpaired) electrons. The van der Waals surface area contributed by atoms with Crippen molar-refractivity contribution in [2.45, 2.75) is 63.6 Å². The van der Waals surface area contributed by atoms with Gasteiger partial charge in [0, 0.05) is 37.8 Å². The Bertz CT molecular complexity index is 1660. The number of alkyl halides is 3. The highest BCUT2D eigenvalue weighted by Gasteiger charge is 2.47. The van der Waals surface area contributed by atoms with Crippen LogP contribution in [0.3, 0.4) is 0 Å². The lowest BCUT2D eigenvalue weighted by Crippen LogP contribution is -2.50. The maximum atomic E-state index is 13.7. The van der Waals surface area contributed by atoms with E-state index in [0.717, 1.165) is 42.5 Å². The van der Waals surface area contributed by atoms with Gasteiger partial charge in [-0.1, -0.05) is 18.2 Å². The molecule has 0 bridgehead atoms. The molecule has 0 unspecified atom stereocenters. The molecule has 1 spiro atoms. The number of halogens is 3. The van der Waals surface area contributed by atoms with Gasteiger partial charge in [0.2, 0.25) is 10.0 Å². The summed E-state index contributed by atoms with van der Waals surface area (Å²) in [6.45, 7) is 9.98. The van der Waals surface area contributed by atoms with E-state index in [1.807, 2.05) is 13.0 Å². The average molecular weight is 689 g/mol. The molecular formula is C35H43F3N4O5S. The third-order valence-corrected chi connectivity index (χ3v) is 10.6. The number of carbonyl (C=O) groups is 2. The number of hydrogen-bond donors (Lipinski definition) is 1. The zero-order valence-corrected chi connectivity index (χ0v) is 28.3. The number of ether oxygens (including phenoxy) is 1. The minimum atomic E-state index is -4.65. The Labute approximate surface area is 280 Å². The molecule has 2 aliphatic heterocycles. The molecule has 2 amide bonds. The molecule has 2 heterocycles. The Balaban J connectivity index is 1.39. The molecule has 9 nitrogen and oxygen atoms in total. The van der Waals surface area contributed by atoms with Crippen LogP contribution in [-0.4, -0.2) is 79.9 Å². The first kappa shape index (κ1) is 36.9. The summed E-state index contributed by atoms with van der Waals surface area (Å²) in [5.74, 6) is -0.748. The lowest BCUT2D eigenvalue weighted by molar-refractivity contribution is -0.137. The molecule has 2 aromatic carbocycles. The molecule has 1 fully saturated rings. The van der Waals surface area contributed by atoms with Gasteiger partial charge in [-0.2, -0.15) is 13.2 Å². The summed E-state index contributed by atoms with van der Waals surface area (Å²) in [4.78, 5) is 32.2. The van der Waals surface area contributed by atoms with Gasteiger partial charge in [0.15, 0.2) is 0 Å². The smallest absolute Gasteiger partial charge is 0.416 e. The number of rotatable bonds is 15. The van der Waals surface area contributed by atoms with Gasteiger partial charge in [-0.3, -0.25) is 14.6 Å². The van der Waals surface area contributed by atoms with Gasteiger partial charge in [0.25, 0.3) is 11.8 Å². The second-order valence-electron chi connectivity index (χ2n) is 12.2. The molecule has 0 aliphatic carbocycles. The maximum Gasteiger partial charge on any atom is 0.416 e. The number of nitrogens with zero attached hydrogens (tertiary/aromatic N) is 3. The number of aliphatic imine (C=N–C) groups is 1. The fourth-order valence-electron chi connectivity index (χ4n) is 5.81. The van der Waals surface area contributed by atoms with Crippen LogP contribution in [0.5, 0.6) is 5.75 Å². The number of hydrogen-bond acceptors (Lipinski definition) is 6. The number of nitrogens with one attached hydrogen (secondary N) is 1. The number of unbranched alkanes of at least 4 members (excludes halogenated alkanes) is 2. The molecule has 260 valence electrons. The van der Waals surface area contributed by atoms with Gasteiger partial charge in [-0.05, 0) is 93.3 Å². The number of amides is 2. The topological polar surface area (TPSA) is 108 Å². The van der Waals surface area contributed by atoms with Crippen LogP contribution >= 0.6 is 0 Å². The Morgan fingerprint density at radius 3 is 2.46 bits per heavy atom. The minimum absolute atomic E-state index is 0.00716. The Morgan fingerprint density at radius 1 is 1.10 bits per heavy atom. The molecule has 4 rings (SSSR count). The van der Waals surface area contributed by atoms with E-state index in [0.29, 0.717) is 18.5 Å². The first-order valence-corrected chi connectivity index (χ1v) is 17.6. The number of carbonyl (C=O) groups excluding carboxylic acids is 2. The van der Waals surface area contributed by atoms with E-state index in [1.165, 1.54) is 10.4 Å². The van der Waals surface area contributed by atoms with E-state index in [2.05, 4.69) is 23.5 Å². The monoisotopic (exact) mass is 688 g/mol. The van der Waals surface area contributed by atoms with Crippen molar-refractivity contribution in [3.63, 3.8) is 0 Å². The van der Waals surface area contributed by atoms with Crippen LogP contribution in [0.1, 0.15) is 71.1 Å². The van der Waals surface area contributed by atoms with Crippen LogP contribution in [0.15, 0.2) is 66.7 Å². The third-order valence-electron chi connectivity index (χ3n) is 8.74. The van der Waals surface area contributed by atoms with Crippen LogP contribution in [0.2, 0.25) is 0 Å². The van der Waals surface area contributed by atoms with E-state index in [1.54, 1.807) is 36.2 Å². The standard InChI is InChI=1S/C35H43F3N4O5S/c1-5-7-9-10-16-41(4)32(43)27-12-11-26(25(3)21-27)13-20-48(45,46)42-17-14-34(15-18-42)33(44)39-31(40-34)28-22-29(35(36,37)38)24-30(23-28)47-19-8-6-2/h5-6,11-12,21-24H,1-2,7-10,13-20H2,3-4H3,(H,39,40,44). The summed E-state index contributed by atoms with van der Waals surface area (Å²) >= 11 is 0. The largest absolute Gasteiger partial charge is 0.493 e. The maximum absolute atomic E-state index is 13.7. The van der Waals surface area contributed by atoms with Crippen LogP contribution in [0, 0.1) is 6.92 Å². The molecule has 2 aliphatic rings. The van der Waals surface area contributed by atoms with Crippen LogP contribution in [0.4, 0.5) is 13.2 Å². The van der Waals surface area contributed by atoms with Crippen molar-refractivity contribution in [1.82, 2.24) is 14.5 Å². The van der Waals surface area contributed by atoms with E-state index in [4.69, 9.17) is 4.74 Å². The average Bonchev–Trinajstić information content (AvgIpc) is 3.36. The molecule has 13 heteroatoms. The van der Waals surface area contributed by atoms with Crippen molar-refractivity contribution in [2.75, 3.05) is 39.0 Å². The fourth-order valence-corrected chi connectivity index (χ4v) is 7.28. The number of amidine groups is 1. The normalized spacial score (nSPS) is 16.4. The summed E-state index contributed by atoms with van der Waals surface area (Å²) in [7, 11) is -1.94. The lowest BCUT2D eigenvalue weighted by atomic mass is 9.89. The van der Waals surface area contributed by atoms with Gasteiger partial charge in [0.1, 0.15) is 17.1 Å². The third kappa shape index (κ3) is 8.93. The SMILES string of the molecule is C=CCCCCN(C)C(=O)c1ccc(CCS(=O)(=O)N2CCC3(CC2)N=C(c2cc(OCCC=C)cc(C(F)(F)F)c2)NC3=O)c(C)c1. The molecule has 0 saturated carbocycles. The quantitative estimate of drug-likeness (QED) is 0.191. The summed E-state index contributed by atoms with van der Waals surface area (Å²) in [6.07, 6.45) is 2.39. The zero-order valence-electron chi connectivity index (χ0n) is 27.4. The summed E-state index contributed by atoms with van der Waals surface area (Å²) < 4.78 is 74.4. The first-order chi connectivity index (χ1) is 22.7. The molecule has 1 N–H and O–H groups in total. The van der Waals surface area contributed by atoms with Gasteiger partial charge in [-0.15, -0.1) is 13.2 Å². The first-order valence-electron chi connectivity index (χ1n) is 16.0. The number of sulfonamides is 1. The van der Waals surface area contributed by atoms with E-state index in [9.17, 15) is 31.2 Å². The number of benzene rings is 2. The molecule has 0 aromatic heterocycles. The molecule has 0 atom stereocenters. The molecular weight excluding hydrogens is 645 g/mol. The van der Waals surface area contributed by atoms with Crippen LogP contribution < -0.4 is 10.1 Å². The van der Waals surface area contributed by atoms with Gasteiger partial charge in [-0.25, -0.2) is 12.7 Å². The Kier molecular flexibility index (Phi) is 11.9. The second kappa shape index (κ2) is 15.5. The number of allylic oxidation sites excluding steroid dienone is 1. The highest BCUT2D eigenvalue weighted by Crippen LogP contribution is 2.36. The molecule has 1 saturated heterocycles. The highest BCUT2D eigenvalue weighted by molar-refractivity contribution is 7.89. The predicted octanol–water partition coefficient (Wildman–Crippen LogP) is 5.68. The predicted molar refractivity (Wildman–Crippen MR) is 180 cm³/mol. The van der Waals surface area contributed by atoms with Crippen molar-refractivity contribution in [2.24, 2.45) is 4.99 Å². The zero-order chi connectivity index (χ0) is 35.1. The van der Waals surface area contributed by atoms with E-state index in [-0.39, 0.29) is 67.8 Å². The lowest BCUT2D eigenvalue weighted by Gasteiger charge is -2.34. The Hall–Kier alpha value is -3.97. The summed E-state index contributed by atoms with van der Waals surface area (Å²) in [5, 5.41) is 2.62. The Morgan fingerprint density at radius 2 is 1.81 bits per heavy atom. The summed E-state index contributed by atoms with van der Waals surface area (Å²) in [6, 6.07) is 8.49. The van der Waals surface area contributed by atoms with Crippen LogP contribution in [0.25, 0.3) is 0 Å². The molecule has 48 heavy (non-hydrogen) atoms. The fraction of sp³-hybridized carbons (Fsp3) is 0.457. The van der Waals surface area contributed by atoms with Crippen molar-refractivity contribution in [3.05, 3.63) is 89.5 Å². The molecule has 2 aromatic rings.